The second-order valence-electron chi connectivity index (χ2n) is 5.93. The molecule has 0 spiro atoms. The lowest BCUT2D eigenvalue weighted by atomic mass is 10.1. The Morgan fingerprint density at radius 3 is 2.38 bits per heavy atom. The fourth-order valence-corrected chi connectivity index (χ4v) is 3.31. The molecule has 0 saturated carbocycles. The Morgan fingerprint density at radius 1 is 1.15 bits per heavy atom. The topological polar surface area (TPSA) is 66.8 Å². The van der Waals surface area contributed by atoms with E-state index in [4.69, 9.17) is 0 Å². The van der Waals surface area contributed by atoms with Gasteiger partial charge in [-0.1, -0.05) is 0 Å². The molecular formula is C20H25NO4S. The average Bonchev–Trinajstić information content (AvgIpc) is 2.69. The molecule has 1 fully saturated rings. The number of carbonyl (C=O) groups is 2. The summed E-state index contributed by atoms with van der Waals surface area (Å²) in [6.07, 6.45) is 8.07. The summed E-state index contributed by atoms with van der Waals surface area (Å²) in [4.78, 5) is 25.9. The van der Waals surface area contributed by atoms with E-state index in [0.717, 1.165) is 24.9 Å². The number of carbonyl (C=O) groups excluding carboxylic acids is 2. The van der Waals surface area contributed by atoms with Gasteiger partial charge in [0, 0.05) is 29.2 Å². The predicted molar refractivity (Wildman–Crippen MR) is 106 cm³/mol. The maximum Gasteiger partial charge on any atom is 0.379 e. The van der Waals surface area contributed by atoms with Crippen LogP contribution in [0.2, 0.25) is 0 Å². The minimum atomic E-state index is -0.894. The van der Waals surface area contributed by atoms with Crippen molar-refractivity contribution in [3.8, 4) is 0 Å². The Bertz CT molecular complexity index is 688. The number of thioether (sulfide) groups is 1. The number of ketones is 1. The molecule has 5 nitrogen and oxygen atoms in total. The summed E-state index contributed by atoms with van der Waals surface area (Å²) in [5, 5.41) is 10.5. The number of ether oxygens (including phenoxy) is 1. The normalized spacial score (nSPS) is 15.7. The zero-order valence-corrected chi connectivity index (χ0v) is 16.1. The maximum absolute atomic E-state index is 11.7. The first-order chi connectivity index (χ1) is 12.6. The van der Waals surface area contributed by atoms with Crippen LogP contribution in [0.5, 0.6) is 0 Å². The molecule has 26 heavy (non-hydrogen) atoms. The number of aliphatic hydroxyl groups is 1. The molecule has 1 aliphatic heterocycles. The summed E-state index contributed by atoms with van der Waals surface area (Å²) in [6.45, 7) is 3.92. The lowest BCUT2D eigenvalue weighted by molar-refractivity contribution is -0.151. The Hall–Kier alpha value is -2.21. The molecule has 0 amide bonds. The van der Waals surface area contributed by atoms with Crippen LogP contribution < -0.4 is 4.90 Å². The Balaban J connectivity index is 2.13. The Labute approximate surface area is 158 Å². The van der Waals surface area contributed by atoms with Gasteiger partial charge in [-0.25, -0.2) is 4.79 Å². The van der Waals surface area contributed by atoms with Crippen LogP contribution in [0.4, 0.5) is 5.69 Å². The van der Waals surface area contributed by atoms with Crippen LogP contribution in [0.15, 0.2) is 41.3 Å². The summed E-state index contributed by atoms with van der Waals surface area (Å²) in [7, 11) is 0. The van der Waals surface area contributed by atoms with Gasteiger partial charge in [-0.2, -0.15) is 0 Å². The zero-order valence-electron chi connectivity index (χ0n) is 15.2. The molecule has 1 aliphatic rings. The fourth-order valence-electron chi connectivity index (χ4n) is 2.79. The largest absolute Gasteiger partial charge is 0.506 e. The van der Waals surface area contributed by atoms with E-state index in [1.54, 1.807) is 13.2 Å². The molecule has 0 aromatic heterocycles. The van der Waals surface area contributed by atoms with E-state index in [1.807, 2.05) is 24.3 Å². The van der Waals surface area contributed by atoms with Crippen LogP contribution in [-0.2, 0) is 14.3 Å². The number of allylic oxidation sites excluding steroid dienone is 1. The third kappa shape index (κ3) is 5.39. The van der Waals surface area contributed by atoms with Crippen molar-refractivity contribution < 1.29 is 19.4 Å². The molecule has 2 rings (SSSR count). The molecule has 0 aliphatic carbocycles. The summed E-state index contributed by atoms with van der Waals surface area (Å²) < 4.78 is 4.66. The molecule has 140 valence electrons. The quantitative estimate of drug-likeness (QED) is 0.256. The van der Waals surface area contributed by atoms with E-state index in [1.165, 1.54) is 37.1 Å². The van der Waals surface area contributed by atoms with E-state index < -0.39 is 11.8 Å². The van der Waals surface area contributed by atoms with Crippen molar-refractivity contribution in [3.05, 3.63) is 46.9 Å². The van der Waals surface area contributed by atoms with Crippen LogP contribution in [0.1, 0.15) is 31.7 Å². The molecule has 0 bridgehead atoms. The molecular weight excluding hydrogens is 350 g/mol. The van der Waals surface area contributed by atoms with Gasteiger partial charge in [-0.15, -0.1) is 11.8 Å². The van der Waals surface area contributed by atoms with Gasteiger partial charge in [0.1, 0.15) is 5.76 Å². The smallest absolute Gasteiger partial charge is 0.379 e. The van der Waals surface area contributed by atoms with Crippen molar-refractivity contribution in [1.82, 2.24) is 0 Å². The zero-order chi connectivity index (χ0) is 18.9. The van der Waals surface area contributed by atoms with E-state index in [0.29, 0.717) is 10.5 Å². The summed E-state index contributed by atoms with van der Waals surface area (Å²) >= 11 is 1.30. The number of hydrogen-bond acceptors (Lipinski definition) is 6. The molecule has 1 heterocycles. The SMILES string of the molecule is CCOC(=O)C(=O)C=CC(SC)=C(O)c1ccc(N2CCCCC2)cc1. The van der Waals surface area contributed by atoms with Gasteiger partial charge in [-0.05, 0) is 68.9 Å². The molecule has 1 aromatic carbocycles. The molecule has 0 radical (unpaired) electrons. The van der Waals surface area contributed by atoms with Crippen molar-refractivity contribution in [2.75, 3.05) is 30.9 Å². The number of benzene rings is 1. The van der Waals surface area contributed by atoms with E-state index in [2.05, 4.69) is 9.64 Å². The van der Waals surface area contributed by atoms with Gasteiger partial charge in [0.2, 0.25) is 0 Å². The van der Waals surface area contributed by atoms with Crippen LogP contribution in [0, 0.1) is 0 Å². The average molecular weight is 375 g/mol. The lowest BCUT2D eigenvalue weighted by Gasteiger charge is -2.28. The van der Waals surface area contributed by atoms with Gasteiger partial charge >= 0.3 is 5.97 Å². The van der Waals surface area contributed by atoms with E-state index in [-0.39, 0.29) is 12.4 Å². The first-order valence-electron chi connectivity index (χ1n) is 8.78. The van der Waals surface area contributed by atoms with Crippen molar-refractivity contribution in [1.29, 1.82) is 0 Å². The number of rotatable bonds is 7. The Kier molecular flexibility index (Phi) is 7.78. The number of piperidine rings is 1. The van der Waals surface area contributed by atoms with Gasteiger partial charge in [-0.3, -0.25) is 4.79 Å². The predicted octanol–water partition coefficient (Wildman–Crippen LogP) is 3.95. The fraction of sp³-hybridized carbons (Fsp3) is 0.400. The van der Waals surface area contributed by atoms with Crippen molar-refractivity contribution >= 4 is 35.0 Å². The summed E-state index contributed by atoms with van der Waals surface area (Å²) in [5.74, 6) is -1.56. The highest BCUT2D eigenvalue weighted by atomic mass is 32.2. The summed E-state index contributed by atoms with van der Waals surface area (Å²) in [6, 6.07) is 7.75. The molecule has 0 unspecified atom stereocenters. The van der Waals surface area contributed by atoms with Crippen LogP contribution in [-0.4, -0.2) is 42.8 Å². The maximum atomic E-state index is 11.7. The van der Waals surface area contributed by atoms with Crippen molar-refractivity contribution in [2.24, 2.45) is 0 Å². The third-order valence-electron chi connectivity index (χ3n) is 4.18. The lowest BCUT2D eigenvalue weighted by Crippen LogP contribution is -2.29. The number of aliphatic hydroxyl groups excluding tert-OH is 1. The number of hydrogen-bond donors (Lipinski definition) is 1. The highest BCUT2D eigenvalue weighted by molar-refractivity contribution is 8.02. The highest BCUT2D eigenvalue weighted by Crippen LogP contribution is 2.27. The highest BCUT2D eigenvalue weighted by Gasteiger charge is 2.13. The molecule has 1 aromatic rings. The monoisotopic (exact) mass is 375 g/mol. The van der Waals surface area contributed by atoms with Crippen LogP contribution >= 0.6 is 11.8 Å². The van der Waals surface area contributed by atoms with Gasteiger partial charge in [0.05, 0.1) is 6.61 Å². The first kappa shape index (κ1) is 20.1. The second-order valence-corrected chi connectivity index (χ2v) is 6.78. The van der Waals surface area contributed by atoms with Crippen molar-refractivity contribution in [3.63, 3.8) is 0 Å². The third-order valence-corrected chi connectivity index (χ3v) is 4.95. The molecule has 1 saturated heterocycles. The van der Waals surface area contributed by atoms with E-state index in [9.17, 15) is 14.7 Å². The minimum absolute atomic E-state index is 0.0793. The van der Waals surface area contributed by atoms with Crippen LogP contribution in [0.25, 0.3) is 5.76 Å². The van der Waals surface area contributed by atoms with Crippen LogP contribution in [0.3, 0.4) is 0 Å². The van der Waals surface area contributed by atoms with Crippen molar-refractivity contribution in [2.45, 2.75) is 26.2 Å². The van der Waals surface area contributed by atoms with E-state index >= 15 is 0 Å². The van der Waals surface area contributed by atoms with Gasteiger partial charge in [0.15, 0.2) is 0 Å². The van der Waals surface area contributed by atoms with Gasteiger partial charge in [0.25, 0.3) is 5.78 Å². The summed E-state index contributed by atoms with van der Waals surface area (Å²) in [5.41, 5.74) is 1.82. The molecule has 6 heteroatoms. The standard InChI is InChI=1S/C20H25NO4S/c1-3-25-20(24)17(22)11-12-18(26-2)19(23)15-7-9-16(10-8-15)21-13-5-4-6-14-21/h7-12,23H,3-6,13-14H2,1-2H3. The Morgan fingerprint density at radius 2 is 1.81 bits per heavy atom. The number of anilines is 1. The van der Waals surface area contributed by atoms with Gasteiger partial charge < -0.3 is 14.7 Å². The molecule has 1 N–H and O–H groups in total. The molecule has 0 atom stereocenters. The first-order valence-corrected chi connectivity index (χ1v) is 10.0. The second kappa shape index (κ2) is 10.1. The number of nitrogens with zero attached hydrogens (tertiary/aromatic N) is 1. The number of esters is 1. The minimum Gasteiger partial charge on any atom is -0.506 e.